The largest absolute Gasteiger partial charge is 0.481 e. The Morgan fingerprint density at radius 1 is 1.37 bits per heavy atom. The molecule has 106 valence electrons. The van der Waals surface area contributed by atoms with E-state index in [1.54, 1.807) is 6.07 Å². The summed E-state index contributed by atoms with van der Waals surface area (Å²) in [6.07, 6.45) is -0.161. The molecule has 19 heavy (non-hydrogen) atoms. The molecule has 1 rings (SSSR count). The number of hydrogen-bond acceptors (Lipinski definition) is 3. The lowest BCUT2D eigenvalue weighted by atomic mass is 10.2. The summed E-state index contributed by atoms with van der Waals surface area (Å²) in [5, 5.41) is 8.46. The standard InChI is InChI=1S/C12H16FNO4S/c1-14(9-10-5-2-3-6-11(10)13)19(17,18)8-4-7-12(15)16/h2-3,5-6H,4,7-9H2,1H3,(H,15,16). The molecule has 0 atom stereocenters. The van der Waals surface area contributed by atoms with Crippen molar-refractivity contribution in [2.45, 2.75) is 19.4 Å². The van der Waals surface area contributed by atoms with Crippen LogP contribution in [-0.4, -0.2) is 36.6 Å². The average molecular weight is 289 g/mol. The molecule has 0 unspecified atom stereocenters. The van der Waals surface area contributed by atoms with Gasteiger partial charge in [-0.25, -0.2) is 17.1 Å². The molecule has 0 fully saturated rings. The van der Waals surface area contributed by atoms with Crippen LogP contribution in [0.1, 0.15) is 18.4 Å². The summed E-state index contributed by atoms with van der Waals surface area (Å²) in [6, 6.07) is 5.93. The van der Waals surface area contributed by atoms with E-state index in [2.05, 4.69) is 0 Å². The van der Waals surface area contributed by atoms with E-state index in [1.807, 2.05) is 0 Å². The first kappa shape index (κ1) is 15.6. The van der Waals surface area contributed by atoms with Crippen LogP contribution in [0, 0.1) is 5.82 Å². The van der Waals surface area contributed by atoms with E-state index in [0.29, 0.717) is 0 Å². The predicted octanol–water partition coefficient (Wildman–Crippen LogP) is 1.45. The van der Waals surface area contributed by atoms with E-state index >= 15 is 0 Å². The van der Waals surface area contributed by atoms with Crippen LogP contribution in [0.15, 0.2) is 24.3 Å². The first-order valence-electron chi connectivity index (χ1n) is 5.72. The van der Waals surface area contributed by atoms with Crippen molar-refractivity contribution in [3.05, 3.63) is 35.6 Å². The minimum atomic E-state index is -3.57. The molecule has 1 aromatic rings. The molecule has 0 saturated carbocycles. The predicted molar refractivity (Wildman–Crippen MR) is 68.5 cm³/mol. The highest BCUT2D eigenvalue weighted by Crippen LogP contribution is 2.12. The second-order valence-electron chi connectivity index (χ2n) is 4.16. The van der Waals surface area contributed by atoms with Crippen molar-refractivity contribution >= 4 is 16.0 Å². The molecule has 0 aromatic heterocycles. The zero-order chi connectivity index (χ0) is 14.5. The van der Waals surface area contributed by atoms with Crippen molar-refractivity contribution in [1.82, 2.24) is 4.31 Å². The van der Waals surface area contributed by atoms with Gasteiger partial charge in [-0.3, -0.25) is 4.79 Å². The number of sulfonamides is 1. The summed E-state index contributed by atoms with van der Waals surface area (Å²) in [5.41, 5.74) is 0.284. The zero-order valence-corrected chi connectivity index (χ0v) is 11.4. The minimum absolute atomic E-state index is 0.0410. The number of carboxylic acids is 1. The fourth-order valence-corrected chi connectivity index (χ4v) is 2.68. The number of nitrogens with zero attached hydrogens (tertiary/aromatic N) is 1. The van der Waals surface area contributed by atoms with Crippen LogP contribution in [-0.2, 0) is 21.4 Å². The summed E-state index contributed by atoms with van der Waals surface area (Å²) >= 11 is 0. The van der Waals surface area contributed by atoms with Gasteiger partial charge in [0.1, 0.15) is 5.82 Å². The second kappa shape index (κ2) is 6.63. The number of halogens is 1. The first-order valence-corrected chi connectivity index (χ1v) is 7.33. The van der Waals surface area contributed by atoms with Gasteiger partial charge in [0.25, 0.3) is 0 Å². The monoisotopic (exact) mass is 289 g/mol. The van der Waals surface area contributed by atoms with E-state index < -0.39 is 21.8 Å². The van der Waals surface area contributed by atoms with Gasteiger partial charge in [0.15, 0.2) is 0 Å². The Labute approximate surface area is 111 Å². The van der Waals surface area contributed by atoms with Crippen LogP contribution in [0.5, 0.6) is 0 Å². The average Bonchev–Trinajstić information content (AvgIpc) is 2.31. The summed E-state index contributed by atoms with van der Waals surface area (Å²) in [4.78, 5) is 10.3. The van der Waals surface area contributed by atoms with Crippen LogP contribution < -0.4 is 0 Å². The van der Waals surface area contributed by atoms with Gasteiger partial charge >= 0.3 is 5.97 Å². The van der Waals surface area contributed by atoms with Gasteiger partial charge in [-0.2, -0.15) is 0 Å². The highest BCUT2D eigenvalue weighted by atomic mass is 32.2. The van der Waals surface area contributed by atoms with E-state index in [0.717, 1.165) is 4.31 Å². The molecule has 1 N–H and O–H groups in total. The van der Waals surface area contributed by atoms with Crippen LogP contribution >= 0.6 is 0 Å². The third-order valence-electron chi connectivity index (χ3n) is 2.62. The zero-order valence-electron chi connectivity index (χ0n) is 10.5. The van der Waals surface area contributed by atoms with Gasteiger partial charge in [-0.1, -0.05) is 18.2 Å². The Morgan fingerprint density at radius 3 is 2.58 bits per heavy atom. The number of rotatable bonds is 7. The summed E-state index contributed by atoms with van der Waals surface area (Å²) in [7, 11) is -2.22. The van der Waals surface area contributed by atoms with Crippen LogP contribution in [0.2, 0.25) is 0 Å². The lowest BCUT2D eigenvalue weighted by Gasteiger charge is -2.17. The number of carbonyl (C=O) groups is 1. The molecule has 7 heteroatoms. The lowest BCUT2D eigenvalue weighted by molar-refractivity contribution is -0.137. The normalized spacial score (nSPS) is 11.7. The molecule has 0 amide bonds. The maximum Gasteiger partial charge on any atom is 0.303 e. The van der Waals surface area contributed by atoms with Gasteiger partial charge in [0.05, 0.1) is 5.75 Å². The van der Waals surface area contributed by atoms with Crippen molar-refractivity contribution < 1.29 is 22.7 Å². The highest BCUT2D eigenvalue weighted by Gasteiger charge is 2.19. The quantitative estimate of drug-likeness (QED) is 0.824. The maximum atomic E-state index is 13.4. The topological polar surface area (TPSA) is 74.7 Å². The molecule has 0 bridgehead atoms. The number of hydrogen-bond donors (Lipinski definition) is 1. The molecule has 0 aliphatic heterocycles. The third kappa shape index (κ3) is 4.96. The molecule has 0 saturated heterocycles. The van der Waals surface area contributed by atoms with Crippen LogP contribution in [0.25, 0.3) is 0 Å². The number of benzene rings is 1. The van der Waals surface area contributed by atoms with Gasteiger partial charge < -0.3 is 5.11 Å². The van der Waals surface area contributed by atoms with E-state index in [1.165, 1.54) is 25.2 Å². The third-order valence-corrected chi connectivity index (χ3v) is 4.50. The minimum Gasteiger partial charge on any atom is -0.481 e. The van der Waals surface area contributed by atoms with E-state index in [4.69, 9.17) is 5.11 Å². The van der Waals surface area contributed by atoms with Crippen molar-refractivity contribution in [1.29, 1.82) is 0 Å². The molecule has 5 nitrogen and oxygen atoms in total. The Balaban J connectivity index is 2.64. The van der Waals surface area contributed by atoms with Crippen molar-refractivity contribution in [3.63, 3.8) is 0 Å². The molecule has 1 aromatic carbocycles. The van der Waals surface area contributed by atoms with Gasteiger partial charge in [0.2, 0.25) is 10.0 Å². The Hall–Kier alpha value is -1.47. The SMILES string of the molecule is CN(Cc1ccccc1F)S(=O)(=O)CCCC(=O)O. The van der Waals surface area contributed by atoms with E-state index in [-0.39, 0.29) is 30.7 Å². The Morgan fingerprint density at radius 2 is 2.00 bits per heavy atom. The highest BCUT2D eigenvalue weighted by molar-refractivity contribution is 7.89. The second-order valence-corrected chi connectivity index (χ2v) is 6.36. The number of aliphatic carboxylic acids is 1. The van der Waals surface area contributed by atoms with E-state index in [9.17, 15) is 17.6 Å². The molecular formula is C12H16FNO4S. The fraction of sp³-hybridized carbons (Fsp3) is 0.417. The van der Waals surface area contributed by atoms with Crippen LogP contribution in [0.3, 0.4) is 0 Å². The maximum absolute atomic E-state index is 13.4. The molecule has 0 heterocycles. The Kier molecular flexibility index (Phi) is 5.44. The summed E-state index contributed by atoms with van der Waals surface area (Å²) < 4.78 is 38.1. The first-order chi connectivity index (χ1) is 8.83. The molecule has 0 aliphatic carbocycles. The Bertz CT molecular complexity index is 544. The smallest absolute Gasteiger partial charge is 0.303 e. The van der Waals surface area contributed by atoms with Gasteiger partial charge in [-0.05, 0) is 12.5 Å². The molecule has 0 spiro atoms. The molecule has 0 aliphatic rings. The van der Waals surface area contributed by atoms with Crippen molar-refractivity contribution in [2.75, 3.05) is 12.8 Å². The number of carboxylic acid groups (broad SMARTS) is 1. The molecule has 0 radical (unpaired) electrons. The fourth-order valence-electron chi connectivity index (χ4n) is 1.53. The van der Waals surface area contributed by atoms with Gasteiger partial charge in [0, 0.05) is 25.6 Å². The van der Waals surface area contributed by atoms with Gasteiger partial charge in [-0.15, -0.1) is 0 Å². The summed E-state index contributed by atoms with van der Waals surface area (Å²) in [5.74, 6) is -1.76. The van der Waals surface area contributed by atoms with Crippen LogP contribution in [0.4, 0.5) is 4.39 Å². The molecular weight excluding hydrogens is 273 g/mol. The summed E-state index contributed by atoms with van der Waals surface area (Å²) in [6.45, 7) is -0.0674. The lowest BCUT2D eigenvalue weighted by Crippen LogP contribution is -2.29. The van der Waals surface area contributed by atoms with Crippen molar-refractivity contribution in [2.24, 2.45) is 0 Å². The van der Waals surface area contributed by atoms with Crippen molar-refractivity contribution in [3.8, 4) is 0 Å².